The van der Waals surface area contributed by atoms with Crippen molar-refractivity contribution < 1.29 is 19.0 Å². The molecule has 2 bridgehead atoms. The highest BCUT2D eigenvalue weighted by atomic mass is 16.6. The molecule has 2 aromatic rings. The summed E-state index contributed by atoms with van der Waals surface area (Å²) in [7, 11) is 0. The molecule has 1 amide bonds. The Labute approximate surface area is 183 Å². The van der Waals surface area contributed by atoms with Gasteiger partial charge in [0.25, 0.3) is 0 Å². The third-order valence-corrected chi connectivity index (χ3v) is 6.06. The second-order valence-electron chi connectivity index (χ2n) is 8.27. The van der Waals surface area contributed by atoms with E-state index in [9.17, 15) is 4.79 Å². The van der Waals surface area contributed by atoms with Crippen molar-refractivity contribution in [2.45, 2.75) is 77.5 Å². The Balaban J connectivity index is 1.41. The first-order chi connectivity index (χ1) is 15.1. The highest BCUT2D eigenvalue weighted by molar-refractivity contribution is 5.69. The number of hydrogen-bond donors (Lipinski definition) is 0. The quantitative estimate of drug-likeness (QED) is 0.598. The lowest BCUT2D eigenvalue weighted by molar-refractivity contribution is 0.0312. The Hall–Kier alpha value is -2.90. The van der Waals surface area contributed by atoms with E-state index in [2.05, 4.69) is 21.9 Å². The molecule has 8 heteroatoms. The molecule has 2 aliphatic rings. The molecule has 2 aliphatic heterocycles. The number of carbonyl (C=O) groups is 1. The van der Waals surface area contributed by atoms with E-state index < -0.39 is 0 Å². The minimum Gasteiger partial charge on any atom is -0.474 e. The summed E-state index contributed by atoms with van der Waals surface area (Å²) in [6, 6.07) is 4.01. The van der Waals surface area contributed by atoms with Crippen LogP contribution in [0.25, 0.3) is 0 Å². The molecule has 4 heterocycles. The Morgan fingerprint density at radius 1 is 1.13 bits per heavy atom. The average Bonchev–Trinajstić information content (AvgIpc) is 3.03. The highest BCUT2D eigenvalue weighted by Gasteiger charge is 2.45. The lowest BCUT2D eigenvalue weighted by Crippen LogP contribution is -2.49. The van der Waals surface area contributed by atoms with Crippen LogP contribution in [0.5, 0.6) is 17.5 Å². The third-order valence-electron chi connectivity index (χ3n) is 6.06. The Kier molecular flexibility index (Phi) is 6.53. The topological polar surface area (TPSA) is 86.7 Å². The fourth-order valence-electron chi connectivity index (χ4n) is 4.38. The third kappa shape index (κ3) is 4.73. The number of aromatic nitrogens is 3. The summed E-state index contributed by atoms with van der Waals surface area (Å²) in [5, 5.41) is 0. The van der Waals surface area contributed by atoms with Gasteiger partial charge in [0.15, 0.2) is 5.75 Å². The second-order valence-corrected chi connectivity index (χ2v) is 8.27. The van der Waals surface area contributed by atoms with Crippen LogP contribution < -0.4 is 9.47 Å². The van der Waals surface area contributed by atoms with Crippen molar-refractivity contribution >= 4 is 6.09 Å². The summed E-state index contributed by atoms with van der Waals surface area (Å²) in [5.74, 6) is 1.64. The van der Waals surface area contributed by atoms with Crippen LogP contribution in [0.2, 0.25) is 0 Å². The molecule has 2 saturated heterocycles. The molecule has 0 aromatic carbocycles. The summed E-state index contributed by atoms with van der Waals surface area (Å²) in [5.41, 5.74) is 1.54. The van der Waals surface area contributed by atoms with E-state index >= 15 is 0 Å². The van der Waals surface area contributed by atoms with Crippen molar-refractivity contribution in [3.05, 3.63) is 35.9 Å². The van der Waals surface area contributed by atoms with E-state index in [4.69, 9.17) is 14.2 Å². The Bertz CT molecular complexity index is 908. The van der Waals surface area contributed by atoms with Gasteiger partial charge < -0.3 is 19.1 Å². The standard InChI is InChI=1S/C23H30N4O4/c1-4-5-11-29-23(28)27-17-8-9-18(27)13-19(12-17)30-21-15(2)22(26-14-25-21)31-20-7-6-10-24-16(20)3/h6-7,10,14,17-19H,4-5,8-9,11-13H2,1-3H3. The van der Waals surface area contributed by atoms with E-state index in [1.165, 1.54) is 6.33 Å². The molecular formula is C23H30N4O4. The minimum absolute atomic E-state index is 0.00114. The van der Waals surface area contributed by atoms with Gasteiger partial charge >= 0.3 is 6.09 Å². The van der Waals surface area contributed by atoms with Crippen molar-refractivity contribution in [3.8, 4) is 17.5 Å². The number of hydrogen-bond acceptors (Lipinski definition) is 7. The summed E-state index contributed by atoms with van der Waals surface area (Å²) in [6.07, 6.45) is 8.45. The van der Waals surface area contributed by atoms with Gasteiger partial charge in [-0.2, -0.15) is 0 Å². The molecule has 4 rings (SSSR count). The SMILES string of the molecule is CCCCOC(=O)N1C2CCC1CC(Oc1ncnc(Oc3cccnc3C)c1C)C2. The summed E-state index contributed by atoms with van der Waals surface area (Å²) in [6.45, 7) is 6.36. The maximum Gasteiger partial charge on any atom is 0.410 e. The zero-order valence-corrected chi connectivity index (χ0v) is 18.4. The van der Waals surface area contributed by atoms with Crippen LogP contribution in [0.4, 0.5) is 4.79 Å². The molecule has 2 aromatic heterocycles. The largest absolute Gasteiger partial charge is 0.474 e. The van der Waals surface area contributed by atoms with Gasteiger partial charge in [0, 0.05) is 31.1 Å². The van der Waals surface area contributed by atoms with Crippen LogP contribution >= 0.6 is 0 Å². The number of nitrogens with zero attached hydrogens (tertiary/aromatic N) is 4. The molecule has 0 spiro atoms. The van der Waals surface area contributed by atoms with Gasteiger partial charge in [-0.05, 0) is 45.2 Å². The molecule has 2 fully saturated rings. The van der Waals surface area contributed by atoms with Crippen molar-refractivity contribution in [2.75, 3.05) is 6.61 Å². The lowest BCUT2D eigenvalue weighted by atomic mass is 10.0. The highest BCUT2D eigenvalue weighted by Crippen LogP contribution is 2.38. The number of piperidine rings is 1. The summed E-state index contributed by atoms with van der Waals surface area (Å²) < 4.78 is 17.7. The number of ether oxygens (including phenoxy) is 3. The molecule has 166 valence electrons. The second kappa shape index (κ2) is 9.49. The zero-order valence-electron chi connectivity index (χ0n) is 18.4. The normalized spacial score (nSPS) is 22.3. The van der Waals surface area contributed by atoms with Crippen molar-refractivity contribution in [2.24, 2.45) is 0 Å². The predicted molar refractivity (Wildman–Crippen MR) is 114 cm³/mol. The van der Waals surface area contributed by atoms with E-state index in [0.29, 0.717) is 24.1 Å². The van der Waals surface area contributed by atoms with Gasteiger partial charge in [0.2, 0.25) is 11.8 Å². The molecule has 0 saturated carbocycles. The molecule has 0 radical (unpaired) electrons. The summed E-state index contributed by atoms with van der Waals surface area (Å²) >= 11 is 0. The molecule has 8 nitrogen and oxygen atoms in total. The molecule has 2 atom stereocenters. The number of carbonyl (C=O) groups excluding carboxylic acids is 1. The number of unbranched alkanes of at least 4 members (excludes halogenated alkanes) is 1. The number of rotatable bonds is 7. The molecule has 31 heavy (non-hydrogen) atoms. The van der Waals surface area contributed by atoms with Gasteiger partial charge in [-0.1, -0.05) is 13.3 Å². The van der Waals surface area contributed by atoms with Gasteiger partial charge in [0.1, 0.15) is 12.4 Å². The molecule has 0 N–H and O–H groups in total. The first kappa shape index (κ1) is 21.3. The van der Waals surface area contributed by atoms with E-state index in [1.807, 2.05) is 30.9 Å². The molecular weight excluding hydrogens is 396 g/mol. The number of aryl methyl sites for hydroxylation is 1. The summed E-state index contributed by atoms with van der Waals surface area (Å²) in [4.78, 5) is 27.3. The fraction of sp³-hybridized carbons (Fsp3) is 0.565. The number of amides is 1. The van der Waals surface area contributed by atoms with Crippen molar-refractivity contribution in [1.82, 2.24) is 19.9 Å². The monoisotopic (exact) mass is 426 g/mol. The van der Waals surface area contributed by atoms with E-state index in [0.717, 1.165) is 49.8 Å². The first-order valence-corrected chi connectivity index (χ1v) is 11.1. The smallest absolute Gasteiger partial charge is 0.410 e. The van der Waals surface area contributed by atoms with Gasteiger partial charge in [-0.3, -0.25) is 4.98 Å². The molecule has 2 unspecified atom stereocenters. The van der Waals surface area contributed by atoms with Crippen LogP contribution in [0.3, 0.4) is 0 Å². The maximum absolute atomic E-state index is 12.5. The van der Waals surface area contributed by atoms with Crippen molar-refractivity contribution in [3.63, 3.8) is 0 Å². The Morgan fingerprint density at radius 3 is 2.58 bits per heavy atom. The van der Waals surface area contributed by atoms with Crippen LogP contribution in [-0.4, -0.2) is 50.7 Å². The number of fused-ring (bicyclic) bond motifs is 2. The van der Waals surface area contributed by atoms with E-state index in [1.54, 1.807) is 6.20 Å². The number of pyridine rings is 1. The zero-order chi connectivity index (χ0) is 21.8. The van der Waals surface area contributed by atoms with Gasteiger partial charge in [-0.25, -0.2) is 14.8 Å². The maximum atomic E-state index is 12.5. The lowest BCUT2D eigenvalue weighted by Gasteiger charge is -2.38. The fourth-order valence-corrected chi connectivity index (χ4v) is 4.38. The van der Waals surface area contributed by atoms with Crippen LogP contribution in [0, 0.1) is 13.8 Å². The predicted octanol–water partition coefficient (Wildman–Crippen LogP) is 4.59. The Morgan fingerprint density at radius 2 is 1.87 bits per heavy atom. The van der Waals surface area contributed by atoms with Gasteiger partial charge in [0.05, 0.1) is 17.9 Å². The minimum atomic E-state index is -0.180. The average molecular weight is 427 g/mol. The van der Waals surface area contributed by atoms with Crippen molar-refractivity contribution in [1.29, 1.82) is 0 Å². The first-order valence-electron chi connectivity index (χ1n) is 11.1. The van der Waals surface area contributed by atoms with Gasteiger partial charge in [-0.15, -0.1) is 0 Å². The van der Waals surface area contributed by atoms with Crippen LogP contribution in [0.15, 0.2) is 24.7 Å². The van der Waals surface area contributed by atoms with Crippen LogP contribution in [0.1, 0.15) is 56.7 Å². The van der Waals surface area contributed by atoms with E-state index in [-0.39, 0.29) is 24.3 Å². The molecule has 0 aliphatic carbocycles. The van der Waals surface area contributed by atoms with Crippen LogP contribution in [-0.2, 0) is 4.74 Å².